The SMILES string of the molecule is Cc1ccc(-c2ccncc2)c2ccccc12. The van der Waals surface area contributed by atoms with Crippen LogP contribution < -0.4 is 0 Å². The van der Waals surface area contributed by atoms with Gasteiger partial charge in [0.2, 0.25) is 0 Å². The van der Waals surface area contributed by atoms with Gasteiger partial charge in [-0.25, -0.2) is 0 Å². The van der Waals surface area contributed by atoms with Crippen LogP contribution in [0.2, 0.25) is 0 Å². The molecule has 0 spiro atoms. The molecule has 0 aliphatic rings. The Morgan fingerprint density at radius 1 is 0.765 bits per heavy atom. The number of hydrogen-bond acceptors (Lipinski definition) is 1. The number of benzene rings is 2. The Balaban J connectivity index is 2.35. The summed E-state index contributed by atoms with van der Waals surface area (Å²) in [7, 11) is 0. The Hall–Kier alpha value is -2.15. The molecule has 0 bridgehead atoms. The lowest BCUT2D eigenvalue weighted by atomic mass is 9.96. The summed E-state index contributed by atoms with van der Waals surface area (Å²) >= 11 is 0. The lowest BCUT2D eigenvalue weighted by Gasteiger charge is -2.08. The van der Waals surface area contributed by atoms with Gasteiger partial charge in [0.1, 0.15) is 0 Å². The molecule has 1 nitrogen and oxygen atoms in total. The van der Waals surface area contributed by atoms with Gasteiger partial charge in [0, 0.05) is 12.4 Å². The van der Waals surface area contributed by atoms with E-state index in [1.807, 2.05) is 12.4 Å². The van der Waals surface area contributed by atoms with Gasteiger partial charge in [-0.15, -0.1) is 0 Å². The van der Waals surface area contributed by atoms with E-state index < -0.39 is 0 Å². The number of rotatable bonds is 1. The maximum atomic E-state index is 4.07. The standard InChI is InChI=1S/C16H13N/c1-12-6-7-15(13-8-10-17-11-9-13)16-5-3-2-4-14(12)16/h2-11H,1H3. The largest absolute Gasteiger partial charge is 0.265 e. The molecule has 0 saturated carbocycles. The highest BCUT2D eigenvalue weighted by Crippen LogP contribution is 2.29. The van der Waals surface area contributed by atoms with Gasteiger partial charge in [-0.1, -0.05) is 36.4 Å². The topological polar surface area (TPSA) is 12.9 Å². The van der Waals surface area contributed by atoms with Crippen molar-refractivity contribution in [2.45, 2.75) is 6.92 Å². The summed E-state index contributed by atoms with van der Waals surface area (Å²) in [5, 5.41) is 2.63. The minimum absolute atomic E-state index is 1.22. The van der Waals surface area contributed by atoms with Crippen molar-refractivity contribution in [2.75, 3.05) is 0 Å². The third kappa shape index (κ3) is 1.70. The molecule has 0 amide bonds. The lowest BCUT2D eigenvalue weighted by molar-refractivity contribution is 1.33. The van der Waals surface area contributed by atoms with Crippen molar-refractivity contribution < 1.29 is 0 Å². The molecule has 0 N–H and O–H groups in total. The zero-order valence-electron chi connectivity index (χ0n) is 9.72. The highest BCUT2D eigenvalue weighted by Gasteiger charge is 2.04. The Morgan fingerprint density at radius 3 is 2.24 bits per heavy atom. The quantitative estimate of drug-likeness (QED) is 0.597. The predicted molar refractivity (Wildman–Crippen MR) is 71.9 cm³/mol. The van der Waals surface area contributed by atoms with Gasteiger partial charge in [0.05, 0.1) is 0 Å². The minimum atomic E-state index is 1.22. The second-order valence-corrected chi connectivity index (χ2v) is 4.21. The lowest BCUT2D eigenvalue weighted by Crippen LogP contribution is -1.84. The van der Waals surface area contributed by atoms with E-state index in [0.29, 0.717) is 0 Å². The molecule has 0 radical (unpaired) electrons. The number of aryl methyl sites for hydroxylation is 1. The summed E-state index contributed by atoms with van der Waals surface area (Å²) in [6, 6.07) is 17.0. The molecule has 3 aromatic rings. The Kier molecular flexibility index (Phi) is 2.37. The van der Waals surface area contributed by atoms with Crippen LogP contribution in [0.3, 0.4) is 0 Å². The van der Waals surface area contributed by atoms with E-state index in [1.54, 1.807) is 0 Å². The van der Waals surface area contributed by atoms with Crippen LogP contribution in [0.1, 0.15) is 5.56 Å². The Morgan fingerprint density at radius 2 is 1.47 bits per heavy atom. The van der Waals surface area contributed by atoms with Crippen molar-refractivity contribution in [3.05, 3.63) is 66.5 Å². The molecule has 0 aliphatic heterocycles. The van der Waals surface area contributed by atoms with E-state index in [1.165, 1.54) is 27.5 Å². The molecule has 2 aromatic carbocycles. The van der Waals surface area contributed by atoms with Gasteiger partial charge in [0.15, 0.2) is 0 Å². The molecule has 17 heavy (non-hydrogen) atoms. The maximum absolute atomic E-state index is 4.07. The molecule has 3 rings (SSSR count). The fraction of sp³-hybridized carbons (Fsp3) is 0.0625. The van der Waals surface area contributed by atoms with Crippen molar-refractivity contribution in [1.29, 1.82) is 0 Å². The zero-order valence-corrected chi connectivity index (χ0v) is 9.72. The smallest absolute Gasteiger partial charge is 0.0273 e. The molecular weight excluding hydrogens is 206 g/mol. The van der Waals surface area contributed by atoms with E-state index in [-0.39, 0.29) is 0 Å². The minimum Gasteiger partial charge on any atom is -0.265 e. The first-order valence-electron chi connectivity index (χ1n) is 5.75. The number of hydrogen-bond donors (Lipinski definition) is 0. The molecule has 0 fully saturated rings. The van der Waals surface area contributed by atoms with Gasteiger partial charge < -0.3 is 0 Å². The van der Waals surface area contributed by atoms with Crippen molar-refractivity contribution in [3.8, 4) is 11.1 Å². The average Bonchev–Trinajstić information content (AvgIpc) is 2.41. The second-order valence-electron chi connectivity index (χ2n) is 4.21. The fourth-order valence-electron chi connectivity index (χ4n) is 2.23. The van der Waals surface area contributed by atoms with Crippen LogP contribution >= 0.6 is 0 Å². The van der Waals surface area contributed by atoms with Crippen molar-refractivity contribution in [2.24, 2.45) is 0 Å². The maximum Gasteiger partial charge on any atom is 0.0273 e. The van der Waals surface area contributed by atoms with Gasteiger partial charge in [-0.05, 0) is 46.5 Å². The van der Waals surface area contributed by atoms with Crippen LogP contribution in [0, 0.1) is 6.92 Å². The molecule has 0 saturated heterocycles. The van der Waals surface area contributed by atoms with Crippen LogP contribution in [-0.2, 0) is 0 Å². The van der Waals surface area contributed by atoms with E-state index in [0.717, 1.165) is 0 Å². The van der Waals surface area contributed by atoms with Crippen LogP contribution in [0.25, 0.3) is 21.9 Å². The van der Waals surface area contributed by atoms with Crippen LogP contribution in [0.5, 0.6) is 0 Å². The van der Waals surface area contributed by atoms with E-state index in [4.69, 9.17) is 0 Å². The highest BCUT2D eigenvalue weighted by molar-refractivity contribution is 5.98. The summed E-state index contributed by atoms with van der Waals surface area (Å²) in [6.07, 6.45) is 3.67. The number of fused-ring (bicyclic) bond motifs is 1. The van der Waals surface area contributed by atoms with Crippen molar-refractivity contribution >= 4 is 10.8 Å². The number of nitrogens with zero attached hydrogens (tertiary/aromatic N) is 1. The first kappa shape index (κ1) is 10.0. The van der Waals surface area contributed by atoms with E-state index in [9.17, 15) is 0 Å². The first-order chi connectivity index (χ1) is 8.36. The predicted octanol–water partition coefficient (Wildman–Crippen LogP) is 4.21. The summed E-state index contributed by atoms with van der Waals surface area (Å²) in [5.41, 5.74) is 3.81. The third-order valence-corrected chi connectivity index (χ3v) is 3.13. The average molecular weight is 219 g/mol. The normalized spacial score (nSPS) is 10.6. The molecule has 1 aromatic heterocycles. The highest BCUT2D eigenvalue weighted by atomic mass is 14.6. The van der Waals surface area contributed by atoms with Crippen molar-refractivity contribution in [3.63, 3.8) is 0 Å². The van der Waals surface area contributed by atoms with Gasteiger partial charge in [-0.3, -0.25) is 4.98 Å². The van der Waals surface area contributed by atoms with Crippen LogP contribution in [0.15, 0.2) is 60.9 Å². The number of aromatic nitrogens is 1. The van der Waals surface area contributed by atoms with Gasteiger partial charge >= 0.3 is 0 Å². The Labute approximate surface area is 101 Å². The third-order valence-electron chi connectivity index (χ3n) is 3.13. The van der Waals surface area contributed by atoms with E-state index in [2.05, 4.69) is 60.4 Å². The molecule has 0 aliphatic carbocycles. The van der Waals surface area contributed by atoms with Gasteiger partial charge in [-0.2, -0.15) is 0 Å². The monoisotopic (exact) mass is 219 g/mol. The molecule has 0 unspecified atom stereocenters. The molecule has 0 atom stereocenters. The van der Waals surface area contributed by atoms with Crippen molar-refractivity contribution in [1.82, 2.24) is 4.98 Å². The summed E-state index contributed by atoms with van der Waals surface area (Å²) < 4.78 is 0. The Bertz CT molecular complexity index is 657. The fourth-order valence-corrected chi connectivity index (χ4v) is 2.23. The summed E-state index contributed by atoms with van der Waals surface area (Å²) in [4.78, 5) is 4.07. The molecule has 82 valence electrons. The summed E-state index contributed by atoms with van der Waals surface area (Å²) in [5.74, 6) is 0. The summed E-state index contributed by atoms with van der Waals surface area (Å²) in [6.45, 7) is 2.15. The molecule has 1 heterocycles. The van der Waals surface area contributed by atoms with Crippen LogP contribution in [0.4, 0.5) is 0 Å². The van der Waals surface area contributed by atoms with Gasteiger partial charge in [0.25, 0.3) is 0 Å². The zero-order chi connectivity index (χ0) is 11.7. The first-order valence-corrected chi connectivity index (χ1v) is 5.75. The van der Waals surface area contributed by atoms with E-state index >= 15 is 0 Å². The number of pyridine rings is 1. The second kappa shape index (κ2) is 4.02. The molecule has 1 heteroatoms. The molecular formula is C16H13N. The van der Waals surface area contributed by atoms with Crippen LogP contribution in [-0.4, -0.2) is 4.98 Å².